The second-order valence-electron chi connectivity index (χ2n) is 3.84. The zero-order valence-corrected chi connectivity index (χ0v) is 9.03. The van der Waals surface area contributed by atoms with Crippen LogP contribution in [0.15, 0.2) is 18.2 Å². The Morgan fingerprint density at radius 2 is 2.25 bits per heavy atom. The molecule has 4 nitrogen and oxygen atoms in total. The molecule has 1 N–H and O–H groups in total. The Labute approximate surface area is 93.6 Å². The fraction of sp³-hybridized carbons (Fsp3) is 0.333. The second kappa shape index (κ2) is 4.35. The summed E-state index contributed by atoms with van der Waals surface area (Å²) in [5, 5.41) is 2.79. The number of methoxy groups -OCH3 is 1. The predicted octanol–water partition coefficient (Wildman–Crippen LogP) is 1.86. The van der Waals surface area contributed by atoms with E-state index in [9.17, 15) is 9.59 Å². The van der Waals surface area contributed by atoms with E-state index in [0.717, 1.165) is 19.1 Å². The molecule has 1 aromatic carbocycles. The highest BCUT2D eigenvalue weighted by molar-refractivity contribution is 5.95. The van der Waals surface area contributed by atoms with Gasteiger partial charge in [-0.05, 0) is 31.0 Å². The van der Waals surface area contributed by atoms with Crippen LogP contribution in [0, 0.1) is 5.92 Å². The molecule has 1 fully saturated rings. The summed E-state index contributed by atoms with van der Waals surface area (Å²) in [5.74, 6) is 0.686. The number of aldehydes is 1. The maximum Gasteiger partial charge on any atom is 0.227 e. The summed E-state index contributed by atoms with van der Waals surface area (Å²) in [6, 6.07) is 4.94. The van der Waals surface area contributed by atoms with E-state index in [1.807, 2.05) is 0 Å². The van der Waals surface area contributed by atoms with E-state index in [1.165, 1.54) is 7.11 Å². The summed E-state index contributed by atoms with van der Waals surface area (Å²) in [7, 11) is 1.51. The van der Waals surface area contributed by atoms with Gasteiger partial charge >= 0.3 is 0 Å². The van der Waals surface area contributed by atoms with Gasteiger partial charge in [0.25, 0.3) is 0 Å². The molecule has 0 aliphatic heterocycles. The number of hydrogen-bond donors (Lipinski definition) is 1. The number of nitrogens with one attached hydrogen (secondary N) is 1. The second-order valence-corrected chi connectivity index (χ2v) is 3.84. The van der Waals surface area contributed by atoms with Gasteiger partial charge in [-0.15, -0.1) is 0 Å². The number of anilines is 1. The van der Waals surface area contributed by atoms with E-state index in [-0.39, 0.29) is 11.8 Å². The molecule has 0 aromatic heterocycles. The van der Waals surface area contributed by atoms with Gasteiger partial charge in [0, 0.05) is 11.5 Å². The molecule has 0 saturated heterocycles. The van der Waals surface area contributed by atoms with Gasteiger partial charge in [0.15, 0.2) is 0 Å². The monoisotopic (exact) mass is 219 g/mol. The van der Waals surface area contributed by atoms with Crippen LogP contribution in [0.2, 0.25) is 0 Å². The van der Waals surface area contributed by atoms with Crippen LogP contribution < -0.4 is 10.1 Å². The molecule has 1 aromatic rings. The summed E-state index contributed by atoms with van der Waals surface area (Å²) in [5.41, 5.74) is 1.14. The van der Waals surface area contributed by atoms with Crippen molar-refractivity contribution in [3.05, 3.63) is 23.8 Å². The lowest BCUT2D eigenvalue weighted by atomic mass is 10.2. The first-order valence-electron chi connectivity index (χ1n) is 5.18. The summed E-state index contributed by atoms with van der Waals surface area (Å²) >= 11 is 0. The lowest BCUT2D eigenvalue weighted by molar-refractivity contribution is -0.117. The SMILES string of the molecule is COc1cc(C=O)ccc1NC(=O)C1CC1. The molecular weight excluding hydrogens is 206 g/mol. The molecule has 0 spiro atoms. The van der Waals surface area contributed by atoms with E-state index in [1.54, 1.807) is 18.2 Å². The molecule has 1 amide bonds. The molecule has 1 aliphatic rings. The Kier molecular flexibility index (Phi) is 2.90. The number of ether oxygens (including phenoxy) is 1. The van der Waals surface area contributed by atoms with Crippen molar-refractivity contribution in [3.8, 4) is 5.75 Å². The lowest BCUT2D eigenvalue weighted by Gasteiger charge is -2.10. The fourth-order valence-electron chi connectivity index (χ4n) is 1.46. The molecule has 2 rings (SSSR count). The predicted molar refractivity (Wildman–Crippen MR) is 59.7 cm³/mol. The maximum absolute atomic E-state index is 11.6. The molecule has 0 radical (unpaired) electrons. The summed E-state index contributed by atoms with van der Waals surface area (Å²) in [6.07, 6.45) is 2.66. The Balaban J connectivity index is 2.18. The number of benzene rings is 1. The van der Waals surface area contributed by atoms with Crippen molar-refractivity contribution in [2.24, 2.45) is 5.92 Å². The summed E-state index contributed by atoms with van der Waals surface area (Å²) in [6.45, 7) is 0. The van der Waals surface area contributed by atoms with Gasteiger partial charge in [-0.2, -0.15) is 0 Å². The van der Waals surface area contributed by atoms with Crippen molar-refractivity contribution < 1.29 is 14.3 Å². The zero-order chi connectivity index (χ0) is 11.5. The van der Waals surface area contributed by atoms with Crippen molar-refractivity contribution in [1.82, 2.24) is 0 Å². The minimum absolute atomic E-state index is 0.0251. The third-order valence-corrected chi connectivity index (χ3v) is 2.57. The van der Waals surface area contributed by atoms with Gasteiger partial charge in [-0.3, -0.25) is 9.59 Å². The third kappa shape index (κ3) is 2.21. The van der Waals surface area contributed by atoms with Crippen molar-refractivity contribution in [3.63, 3.8) is 0 Å². The normalized spacial score (nSPS) is 14.3. The number of carbonyl (C=O) groups is 2. The van der Waals surface area contributed by atoms with Gasteiger partial charge < -0.3 is 10.1 Å². The van der Waals surface area contributed by atoms with Crippen molar-refractivity contribution in [2.45, 2.75) is 12.8 Å². The van der Waals surface area contributed by atoms with E-state index < -0.39 is 0 Å². The molecule has 0 bridgehead atoms. The van der Waals surface area contributed by atoms with Gasteiger partial charge in [0.2, 0.25) is 5.91 Å². The molecular formula is C12H13NO3. The average Bonchev–Trinajstić information content (AvgIpc) is 3.13. The Bertz CT molecular complexity index is 424. The van der Waals surface area contributed by atoms with Gasteiger partial charge in [0.05, 0.1) is 12.8 Å². The maximum atomic E-state index is 11.6. The Morgan fingerprint density at radius 1 is 1.50 bits per heavy atom. The van der Waals surface area contributed by atoms with Crippen LogP contribution in [0.3, 0.4) is 0 Å². The summed E-state index contributed by atoms with van der Waals surface area (Å²) < 4.78 is 5.12. The van der Waals surface area contributed by atoms with Gasteiger partial charge in [-0.1, -0.05) is 0 Å². The van der Waals surface area contributed by atoms with Crippen LogP contribution in [0.4, 0.5) is 5.69 Å². The molecule has 4 heteroatoms. The molecule has 0 unspecified atom stereocenters. The van der Waals surface area contributed by atoms with Crippen molar-refractivity contribution >= 4 is 17.9 Å². The first-order chi connectivity index (χ1) is 7.74. The number of rotatable bonds is 4. The van der Waals surface area contributed by atoms with Crippen molar-refractivity contribution in [1.29, 1.82) is 0 Å². The highest BCUT2D eigenvalue weighted by atomic mass is 16.5. The molecule has 84 valence electrons. The lowest BCUT2D eigenvalue weighted by Crippen LogP contribution is -2.14. The van der Waals surface area contributed by atoms with Crippen LogP contribution >= 0.6 is 0 Å². The molecule has 1 aliphatic carbocycles. The van der Waals surface area contributed by atoms with Gasteiger partial charge in [0.1, 0.15) is 12.0 Å². The summed E-state index contributed by atoms with van der Waals surface area (Å²) in [4.78, 5) is 22.1. The largest absolute Gasteiger partial charge is 0.495 e. The molecule has 0 heterocycles. The van der Waals surface area contributed by atoms with E-state index in [0.29, 0.717) is 17.0 Å². The standard InChI is InChI=1S/C12H13NO3/c1-16-11-6-8(7-14)2-5-10(11)13-12(15)9-3-4-9/h2,5-7,9H,3-4H2,1H3,(H,13,15). The Morgan fingerprint density at radius 3 is 2.81 bits per heavy atom. The minimum Gasteiger partial charge on any atom is -0.495 e. The molecule has 16 heavy (non-hydrogen) atoms. The first kappa shape index (κ1) is 10.7. The number of amides is 1. The number of hydrogen-bond acceptors (Lipinski definition) is 3. The Hall–Kier alpha value is -1.84. The quantitative estimate of drug-likeness (QED) is 0.786. The van der Waals surface area contributed by atoms with Crippen LogP contribution in [0.25, 0.3) is 0 Å². The number of carbonyl (C=O) groups excluding carboxylic acids is 2. The molecule has 1 saturated carbocycles. The molecule has 0 atom stereocenters. The minimum atomic E-state index is 0.0251. The van der Waals surface area contributed by atoms with Gasteiger partial charge in [-0.25, -0.2) is 0 Å². The van der Waals surface area contributed by atoms with E-state index in [4.69, 9.17) is 4.74 Å². The van der Waals surface area contributed by atoms with E-state index >= 15 is 0 Å². The topological polar surface area (TPSA) is 55.4 Å². The zero-order valence-electron chi connectivity index (χ0n) is 9.03. The highest BCUT2D eigenvalue weighted by Crippen LogP contribution is 2.32. The van der Waals surface area contributed by atoms with Crippen LogP contribution in [0.5, 0.6) is 5.75 Å². The average molecular weight is 219 g/mol. The van der Waals surface area contributed by atoms with Crippen LogP contribution in [-0.4, -0.2) is 19.3 Å². The smallest absolute Gasteiger partial charge is 0.227 e. The fourth-order valence-corrected chi connectivity index (χ4v) is 1.46. The van der Waals surface area contributed by atoms with Crippen LogP contribution in [0.1, 0.15) is 23.2 Å². The van der Waals surface area contributed by atoms with Crippen LogP contribution in [-0.2, 0) is 4.79 Å². The third-order valence-electron chi connectivity index (χ3n) is 2.57. The highest BCUT2D eigenvalue weighted by Gasteiger charge is 2.30. The van der Waals surface area contributed by atoms with Crippen molar-refractivity contribution in [2.75, 3.05) is 12.4 Å². The van der Waals surface area contributed by atoms with E-state index in [2.05, 4.69) is 5.32 Å². The first-order valence-corrected chi connectivity index (χ1v) is 5.18.